The van der Waals surface area contributed by atoms with Gasteiger partial charge in [-0.25, -0.2) is 0 Å². The van der Waals surface area contributed by atoms with Gasteiger partial charge in [0.05, 0.1) is 0 Å². The van der Waals surface area contributed by atoms with Crippen LogP contribution < -0.4 is 0 Å². The molecular formula is C12H18. The zero-order valence-electron chi connectivity index (χ0n) is 8.14. The molecule has 0 heteroatoms. The molecule has 1 aliphatic rings. The summed E-state index contributed by atoms with van der Waals surface area (Å²) in [5, 5.41) is 0. The number of allylic oxidation sites excluding steroid dienone is 6. The molecule has 1 rings (SSSR count). The molecule has 0 radical (unpaired) electrons. The molecular weight excluding hydrogens is 144 g/mol. The number of hydrogen-bond acceptors (Lipinski definition) is 0. The third-order valence-electron chi connectivity index (χ3n) is 2.48. The van der Waals surface area contributed by atoms with Gasteiger partial charge in [-0.1, -0.05) is 35.5 Å². The van der Waals surface area contributed by atoms with Crippen LogP contribution in [0.15, 0.2) is 35.5 Å². The summed E-state index contributed by atoms with van der Waals surface area (Å²) in [6, 6.07) is 0. The van der Waals surface area contributed by atoms with Crippen molar-refractivity contribution in [2.75, 3.05) is 0 Å². The molecule has 0 saturated carbocycles. The van der Waals surface area contributed by atoms with Crippen LogP contribution in [0.25, 0.3) is 0 Å². The summed E-state index contributed by atoms with van der Waals surface area (Å²) >= 11 is 0. The Kier molecular flexibility index (Phi) is 3.86. The Morgan fingerprint density at radius 1 is 0.833 bits per heavy atom. The Bertz CT molecular complexity index is 192. The molecule has 66 valence electrons. The van der Waals surface area contributed by atoms with Gasteiger partial charge in [-0.2, -0.15) is 0 Å². The zero-order chi connectivity index (χ0) is 8.81. The summed E-state index contributed by atoms with van der Waals surface area (Å²) in [5.74, 6) is 0. The maximum atomic E-state index is 2.26. The average molecular weight is 162 g/mol. The summed E-state index contributed by atoms with van der Waals surface area (Å²) in [5.41, 5.74) is 3.16. The van der Waals surface area contributed by atoms with E-state index in [2.05, 4.69) is 38.2 Å². The Labute approximate surface area is 75.7 Å². The van der Waals surface area contributed by atoms with E-state index in [4.69, 9.17) is 0 Å². The fourth-order valence-corrected chi connectivity index (χ4v) is 1.38. The van der Waals surface area contributed by atoms with E-state index in [-0.39, 0.29) is 0 Å². The van der Waals surface area contributed by atoms with Crippen molar-refractivity contribution in [1.29, 1.82) is 0 Å². The van der Waals surface area contributed by atoms with Gasteiger partial charge in [0.1, 0.15) is 0 Å². The van der Waals surface area contributed by atoms with Crippen LogP contribution in [0.1, 0.15) is 39.5 Å². The minimum absolute atomic E-state index is 1.19. The summed E-state index contributed by atoms with van der Waals surface area (Å²) in [6.07, 6.45) is 13.7. The van der Waals surface area contributed by atoms with Crippen molar-refractivity contribution in [2.45, 2.75) is 39.5 Å². The standard InChI is InChI=1S/C12H18/c1-11-9-7-5-3-4-6-8-10-12(11)2/h3-6H,7-10H2,1-2H3. The second-order valence-corrected chi connectivity index (χ2v) is 3.49. The lowest BCUT2D eigenvalue weighted by atomic mass is 10.0. The van der Waals surface area contributed by atoms with Gasteiger partial charge in [-0.05, 0) is 39.5 Å². The van der Waals surface area contributed by atoms with E-state index < -0.39 is 0 Å². The SMILES string of the molecule is CC1=C(C)CCC=CC=CCC1. The summed E-state index contributed by atoms with van der Waals surface area (Å²) in [7, 11) is 0. The molecule has 0 atom stereocenters. The molecule has 0 aromatic heterocycles. The molecule has 0 aromatic rings. The maximum absolute atomic E-state index is 2.26. The van der Waals surface area contributed by atoms with Crippen molar-refractivity contribution in [3.05, 3.63) is 35.5 Å². The van der Waals surface area contributed by atoms with E-state index >= 15 is 0 Å². The molecule has 0 bridgehead atoms. The smallest absolute Gasteiger partial charge is 0.0286 e. The largest absolute Gasteiger partial charge is 0.0842 e. The average Bonchev–Trinajstić information content (AvgIpc) is 2.08. The molecule has 12 heavy (non-hydrogen) atoms. The van der Waals surface area contributed by atoms with Gasteiger partial charge in [0.15, 0.2) is 0 Å². The van der Waals surface area contributed by atoms with Gasteiger partial charge >= 0.3 is 0 Å². The summed E-state index contributed by atoms with van der Waals surface area (Å²) in [6.45, 7) is 4.52. The molecule has 0 amide bonds. The highest BCUT2D eigenvalue weighted by Gasteiger charge is 1.96. The topological polar surface area (TPSA) is 0 Å². The van der Waals surface area contributed by atoms with Crippen LogP contribution in [-0.2, 0) is 0 Å². The van der Waals surface area contributed by atoms with Crippen LogP contribution >= 0.6 is 0 Å². The Balaban J connectivity index is 2.63. The molecule has 0 spiro atoms. The van der Waals surface area contributed by atoms with E-state index in [1.807, 2.05) is 0 Å². The van der Waals surface area contributed by atoms with Crippen LogP contribution in [0.5, 0.6) is 0 Å². The van der Waals surface area contributed by atoms with Crippen LogP contribution in [0.3, 0.4) is 0 Å². The molecule has 1 aliphatic carbocycles. The van der Waals surface area contributed by atoms with E-state index in [1.54, 1.807) is 11.1 Å². The highest BCUT2D eigenvalue weighted by atomic mass is 14.0. The van der Waals surface area contributed by atoms with Crippen molar-refractivity contribution < 1.29 is 0 Å². The lowest BCUT2D eigenvalue weighted by Crippen LogP contribution is -1.85. The van der Waals surface area contributed by atoms with Crippen LogP contribution in [0, 0.1) is 0 Å². The van der Waals surface area contributed by atoms with Crippen LogP contribution in [0.2, 0.25) is 0 Å². The molecule has 0 unspecified atom stereocenters. The first kappa shape index (κ1) is 9.31. The molecule has 0 heterocycles. The van der Waals surface area contributed by atoms with Crippen molar-refractivity contribution in [1.82, 2.24) is 0 Å². The highest BCUT2D eigenvalue weighted by Crippen LogP contribution is 2.16. The first-order valence-electron chi connectivity index (χ1n) is 4.77. The minimum atomic E-state index is 1.19. The predicted octanol–water partition coefficient (Wildman–Crippen LogP) is 4.01. The first-order chi connectivity index (χ1) is 5.80. The third kappa shape index (κ3) is 3.08. The monoisotopic (exact) mass is 162 g/mol. The number of hydrogen-bond donors (Lipinski definition) is 0. The molecule has 0 N–H and O–H groups in total. The van der Waals surface area contributed by atoms with Gasteiger partial charge in [0.2, 0.25) is 0 Å². The Morgan fingerprint density at radius 2 is 1.25 bits per heavy atom. The fourth-order valence-electron chi connectivity index (χ4n) is 1.38. The summed E-state index contributed by atoms with van der Waals surface area (Å²) in [4.78, 5) is 0. The fraction of sp³-hybridized carbons (Fsp3) is 0.500. The zero-order valence-corrected chi connectivity index (χ0v) is 8.14. The van der Waals surface area contributed by atoms with Crippen LogP contribution in [-0.4, -0.2) is 0 Å². The van der Waals surface area contributed by atoms with E-state index in [1.165, 1.54) is 25.7 Å². The van der Waals surface area contributed by atoms with Crippen molar-refractivity contribution in [2.24, 2.45) is 0 Å². The third-order valence-corrected chi connectivity index (χ3v) is 2.48. The van der Waals surface area contributed by atoms with Gasteiger partial charge in [-0.3, -0.25) is 0 Å². The Morgan fingerprint density at radius 3 is 1.67 bits per heavy atom. The van der Waals surface area contributed by atoms with Crippen molar-refractivity contribution >= 4 is 0 Å². The highest BCUT2D eigenvalue weighted by molar-refractivity contribution is 5.14. The van der Waals surface area contributed by atoms with Gasteiger partial charge in [0.25, 0.3) is 0 Å². The molecule has 0 aliphatic heterocycles. The van der Waals surface area contributed by atoms with Gasteiger partial charge < -0.3 is 0 Å². The Hall–Kier alpha value is -0.780. The second kappa shape index (κ2) is 4.97. The lowest BCUT2D eigenvalue weighted by Gasteiger charge is -2.06. The van der Waals surface area contributed by atoms with Crippen molar-refractivity contribution in [3.8, 4) is 0 Å². The van der Waals surface area contributed by atoms with Crippen LogP contribution in [0.4, 0.5) is 0 Å². The van der Waals surface area contributed by atoms with E-state index in [0.29, 0.717) is 0 Å². The molecule has 0 saturated heterocycles. The number of rotatable bonds is 0. The quantitative estimate of drug-likeness (QED) is 0.472. The normalized spacial score (nSPS) is 19.8. The van der Waals surface area contributed by atoms with E-state index in [0.717, 1.165) is 0 Å². The lowest BCUT2D eigenvalue weighted by molar-refractivity contribution is 0.889. The van der Waals surface area contributed by atoms with Gasteiger partial charge in [0, 0.05) is 0 Å². The maximum Gasteiger partial charge on any atom is -0.0286 e. The molecule has 0 aromatic carbocycles. The van der Waals surface area contributed by atoms with Gasteiger partial charge in [-0.15, -0.1) is 0 Å². The summed E-state index contributed by atoms with van der Waals surface area (Å²) < 4.78 is 0. The second-order valence-electron chi connectivity index (χ2n) is 3.49. The predicted molar refractivity (Wildman–Crippen MR) is 55.1 cm³/mol. The molecule has 0 fully saturated rings. The van der Waals surface area contributed by atoms with Crippen molar-refractivity contribution in [3.63, 3.8) is 0 Å². The first-order valence-corrected chi connectivity index (χ1v) is 4.77. The van der Waals surface area contributed by atoms with E-state index in [9.17, 15) is 0 Å². The molecule has 0 nitrogen and oxygen atoms in total. The minimum Gasteiger partial charge on any atom is -0.0842 e.